The largest absolute Gasteiger partial charge is 0.497 e. The minimum Gasteiger partial charge on any atom is -0.497 e. The standard InChI is InChI=1S/C40H47N5O6SSi/c1-39(2,3)53(6,7)51-35-34(46)32(50-38(35)45-26-44-33-36(45)42-25-43-37(33)52-23-11-22-41)24-49-40(27-12-9-8-10-13-27,28-14-18-30(47-4)19-15-28)29-16-20-31(48-5)21-17-29/h8-10,12-21,25-26,32,34-35,38,46H,11,23-24H2,1-7H3/t32-,34-,35-,38-/m1/s1. The van der Waals surface area contributed by atoms with Gasteiger partial charge < -0.3 is 28.5 Å². The van der Waals surface area contributed by atoms with Crippen LogP contribution >= 0.6 is 11.8 Å². The van der Waals surface area contributed by atoms with Crippen molar-refractivity contribution in [2.24, 2.45) is 0 Å². The molecular weight excluding hydrogens is 707 g/mol. The van der Waals surface area contributed by atoms with Crippen molar-refractivity contribution in [1.29, 1.82) is 5.26 Å². The molecule has 53 heavy (non-hydrogen) atoms. The molecule has 1 aliphatic rings. The number of nitriles is 1. The number of hydrogen-bond acceptors (Lipinski definition) is 11. The predicted octanol–water partition coefficient (Wildman–Crippen LogP) is 7.51. The Morgan fingerprint density at radius 2 is 1.49 bits per heavy atom. The molecule has 0 spiro atoms. The summed E-state index contributed by atoms with van der Waals surface area (Å²) < 4.78 is 33.8. The van der Waals surface area contributed by atoms with Crippen LogP contribution < -0.4 is 9.47 Å². The topological polar surface area (TPSA) is 134 Å². The Labute approximate surface area is 316 Å². The molecule has 278 valence electrons. The molecule has 3 heterocycles. The zero-order chi connectivity index (χ0) is 37.8. The van der Waals surface area contributed by atoms with Crippen molar-refractivity contribution >= 4 is 31.2 Å². The smallest absolute Gasteiger partial charge is 0.192 e. The highest BCUT2D eigenvalue weighted by molar-refractivity contribution is 7.99. The van der Waals surface area contributed by atoms with Crippen molar-refractivity contribution in [2.75, 3.05) is 26.6 Å². The molecule has 6 rings (SSSR count). The fourth-order valence-corrected chi connectivity index (χ4v) is 8.40. The first-order valence-electron chi connectivity index (χ1n) is 17.6. The summed E-state index contributed by atoms with van der Waals surface area (Å²) in [5.74, 6) is 2.02. The van der Waals surface area contributed by atoms with Gasteiger partial charge in [0.25, 0.3) is 0 Å². The van der Waals surface area contributed by atoms with E-state index in [1.165, 1.54) is 18.1 Å². The number of nitrogens with zero attached hydrogens (tertiary/aromatic N) is 5. The van der Waals surface area contributed by atoms with E-state index in [4.69, 9.17) is 28.6 Å². The average molecular weight is 754 g/mol. The number of aliphatic hydroxyl groups excluding tert-OH is 1. The van der Waals surface area contributed by atoms with Gasteiger partial charge in [0, 0.05) is 12.2 Å². The van der Waals surface area contributed by atoms with Gasteiger partial charge in [-0.05, 0) is 59.1 Å². The molecule has 11 nitrogen and oxygen atoms in total. The van der Waals surface area contributed by atoms with Crippen molar-refractivity contribution < 1.29 is 28.5 Å². The minimum absolute atomic E-state index is 0.0128. The van der Waals surface area contributed by atoms with Gasteiger partial charge in [-0.3, -0.25) is 4.57 Å². The van der Waals surface area contributed by atoms with E-state index < -0.39 is 38.5 Å². The van der Waals surface area contributed by atoms with E-state index in [9.17, 15) is 5.11 Å². The highest BCUT2D eigenvalue weighted by Gasteiger charge is 2.52. The summed E-state index contributed by atoms with van der Waals surface area (Å²) in [5.41, 5.74) is 2.67. The fraction of sp³-hybridized carbons (Fsp3) is 0.400. The second kappa shape index (κ2) is 16.0. The van der Waals surface area contributed by atoms with Crippen molar-refractivity contribution in [1.82, 2.24) is 19.5 Å². The average Bonchev–Trinajstić information content (AvgIpc) is 3.73. The lowest BCUT2D eigenvalue weighted by Crippen LogP contribution is -2.49. The lowest BCUT2D eigenvalue weighted by molar-refractivity contribution is -0.0940. The SMILES string of the molecule is COc1ccc(C(OC[C@H]2O[C@@H](n3cnc4c(SCCC#N)ncnc43)[C@H](O[Si](C)(C)C(C)(C)C)[C@@H]2O)(c2ccccc2)c2ccc(OC)cc2)cc1. The summed E-state index contributed by atoms with van der Waals surface area (Å²) in [6, 6.07) is 27.8. The van der Waals surface area contributed by atoms with Crippen LogP contribution in [0.2, 0.25) is 18.1 Å². The molecule has 1 aliphatic heterocycles. The first-order chi connectivity index (χ1) is 25.4. The third-order valence-electron chi connectivity index (χ3n) is 10.2. The van der Waals surface area contributed by atoms with Gasteiger partial charge in [-0.25, -0.2) is 15.0 Å². The van der Waals surface area contributed by atoms with Gasteiger partial charge in [-0.15, -0.1) is 11.8 Å². The van der Waals surface area contributed by atoms with Gasteiger partial charge in [0.15, 0.2) is 20.2 Å². The van der Waals surface area contributed by atoms with Crippen molar-refractivity contribution in [3.05, 3.63) is 108 Å². The number of rotatable bonds is 14. The molecule has 1 fully saturated rings. The molecule has 1 saturated heterocycles. The lowest BCUT2D eigenvalue weighted by atomic mass is 9.80. The normalized spacial score (nSPS) is 19.3. The van der Waals surface area contributed by atoms with Crippen molar-refractivity contribution in [2.45, 2.75) is 80.5 Å². The maximum Gasteiger partial charge on any atom is 0.192 e. The molecule has 0 amide bonds. The van der Waals surface area contributed by atoms with Gasteiger partial charge in [0.2, 0.25) is 0 Å². The number of aromatic nitrogens is 4. The Hall–Kier alpha value is -4.29. The first kappa shape index (κ1) is 38.4. The molecular formula is C40H47N5O6SSi. The monoisotopic (exact) mass is 753 g/mol. The summed E-state index contributed by atoms with van der Waals surface area (Å²) in [6.07, 6.45) is 0.173. The molecule has 0 saturated carbocycles. The number of fused-ring (bicyclic) bond motifs is 1. The molecule has 0 radical (unpaired) electrons. The van der Waals surface area contributed by atoms with E-state index in [0.29, 0.717) is 28.4 Å². The van der Waals surface area contributed by atoms with Crippen LogP contribution in [0.25, 0.3) is 11.2 Å². The summed E-state index contributed by atoms with van der Waals surface area (Å²) in [4.78, 5) is 13.7. The van der Waals surface area contributed by atoms with E-state index in [1.807, 2.05) is 83.4 Å². The van der Waals surface area contributed by atoms with E-state index >= 15 is 0 Å². The van der Waals surface area contributed by atoms with Crippen molar-refractivity contribution in [3.63, 3.8) is 0 Å². The van der Waals surface area contributed by atoms with Crippen LogP contribution in [0.4, 0.5) is 0 Å². The maximum absolute atomic E-state index is 12.2. The number of benzene rings is 3. The number of aliphatic hydroxyl groups is 1. The van der Waals surface area contributed by atoms with E-state index in [2.05, 4.69) is 54.9 Å². The fourth-order valence-electron chi connectivity index (χ4n) is 6.32. The third-order valence-corrected chi connectivity index (χ3v) is 15.7. The van der Waals surface area contributed by atoms with Gasteiger partial charge in [-0.2, -0.15) is 5.26 Å². The van der Waals surface area contributed by atoms with Crippen LogP contribution in [0.3, 0.4) is 0 Å². The zero-order valence-corrected chi connectivity index (χ0v) is 33.0. The number of imidazole rings is 1. The van der Waals surface area contributed by atoms with Crippen LogP contribution in [0.1, 0.15) is 50.1 Å². The number of thioether (sulfide) groups is 1. The number of hydrogen-bond donors (Lipinski definition) is 1. The van der Waals surface area contributed by atoms with Crippen LogP contribution in [0.5, 0.6) is 11.5 Å². The molecule has 0 bridgehead atoms. The van der Waals surface area contributed by atoms with Gasteiger partial charge in [0.05, 0.1) is 33.2 Å². The predicted molar refractivity (Wildman–Crippen MR) is 207 cm³/mol. The molecule has 0 unspecified atom stereocenters. The molecule has 4 atom stereocenters. The first-order valence-corrected chi connectivity index (χ1v) is 21.5. The summed E-state index contributed by atoms with van der Waals surface area (Å²) in [7, 11) is 0.842. The highest BCUT2D eigenvalue weighted by atomic mass is 32.2. The molecule has 1 N–H and O–H groups in total. The molecule has 2 aromatic heterocycles. The van der Waals surface area contributed by atoms with Crippen LogP contribution in [-0.4, -0.2) is 77.8 Å². The Kier molecular flexibility index (Phi) is 11.6. The summed E-state index contributed by atoms with van der Waals surface area (Å²) >= 11 is 1.45. The Morgan fingerprint density at radius 3 is 2.06 bits per heavy atom. The second-order valence-electron chi connectivity index (χ2n) is 14.5. The maximum atomic E-state index is 12.2. The quantitative estimate of drug-likeness (QED) is 0.0397. The second-order valence-corrected chi connectivity index (χ2v) is 20.3. The Morgan fingerprint density at radius 1 is 0.887 bits per heavy atom. The minimum atomic E-state index is -2.44. The molecule has 5 aromatic rings. The highest BCUT2D eigenvalue weighted by Crippen LogP contribution is 2.45. The van der Waals surface area contributed by atoms with Gasteiger partial charge in [0.1, 0.15) is 52.3 Å². The summed E-state index contributed by atoms with van der Waals surface area (Å²) in [5, 5.41) is 21.8. The molecule has 13 heteroatoms. The summed E-state index contributed by atoms with van der Waals surface area (Å²) in [6.45, 7) is 10.8. The van der Waals surface area contributed by atoms with E-state index in [-0.39, 0.29) is 11.6 Å². The third kappa shape index (κ3) is 7.71. The van der Waals surface area contributed by atoms with Crippen LogP contribution in [-0.2, 0) is 19.5 Å². The van der Waals surface area contributed by atoms with Gasteiger partial charge in [-0.1, -0.05) is 75.4 Å². The van der Waals surface area contributed by atoms with Crippen LogP contribution in [0, 0.1) is 11.3 Å². The van der Waals surface area contributed by atoms with Crippen LogP contribution in [0.15, 0.2) is 96.5 Å². The Bertz CT molecular complexity index is 1970. The van der Waals surface area contributed by atoms with Crippen molar-refractivity contribution in [3.8, 4) is 17.6 Å². The zero-order valence-electron chi connectivity index (χ0n) is 31.2. The molecule has 3 aromatic carbocycles. The van der Waals surface area contributed by atoms with E-state index in [1.54, 1.807) is 20.5 Å². The number of methoxy groups -OCH3 is 2. The number of ether oxygens (including phenoxy) is 4. The Balaban J connectivity index is 1.42. The lowest BCUT2D eigenvalue weighted by Gasteiger charge is -2.40. The van der Waals surface area contributed by atoms with Gasteiger partial charge >= 0.3 is 0 Å². The van der Waals surface area contributed by atoms with E-state index in [0.717, 1.165) is 28.2 Å². The molecule has 0 aliphatic carbocycles.